The summed E-state index contributed by atoms with van der Waals surface area (Å²) in [6.07, 6.45) is 3.01. The Kier molecular flexibility index (Phi) is 6.41. The molecule has 172 valence electrons. The summed E-state index contributed by atoms with van der Waals surface area (Å²) in [6, 6.07) is 24.0. The molecule has 2 heterocycles. The Morgan fingerprint density at radius 1 is 0.971 bits per heavy atom. The normalized spacial score (nSPS) is 12.7. The van der Waals surface area contributed by atoms with E-state index in [1.807, 2.05) is 66.4 Å². The summed E-state index contributed by atoms with van der Waals surface area (Å²) in [6.45, 7) is 3.88. The predicted molar refractivity (Wildman–Crippen MR) is 139 cm³/mol. The molecule has 0 saturated carbocycles. The first-order valence-electron chi connectivity index (χ1n) is 11.5. The number of nitrogens with one attached hydrogen (secondary N) is 1. The third-order valence-corrected chi connectivity index (χ3v) is 7.35. The molecule has 0 spiro atoms. The van der Waals surface area contributed by atoms with E-state index >= 15 is 0 Å². The Bertz CT molecular complexity index is 1360. The zero-order valence-electron chi connectivity index (χ0n) is 19.2. The highest BCUT2D eigenvalue weighted by Gasteiger charge is 2.24. The van der Waals surface area contributed by atoms with Crippen molar-refractivity contribution in [1.29, 1.82) is 0 Å². The number of para-hydroxylation sites is 2. The molecule has 5 rings (SSSR count). The predicted octanol–water partition coefficient (Wildman–Crippen LogP) is 5.06. The van der Waals surface area contributed by atoms with Crippen molar-refractivity contribution in [3.05, 3.63) is 95.7 Å². The van der Waals surface area contributed by atoms with Gasteiger partial charge in [-0.3, -0.25) is 9.59 Å². The van der Waals surface area contributed by atoms with Crippen LogP contribution in [-0.2, 0) is 17.8 Å². The minimum absolute atomic E-state index is 0.0550. The van der Waals surface area contributed by atoms with Crippen LogP contribution in [0.3, 0.4) is 0 Å². The quantitative estimate of drug-likeness (QED) is 0.385. The van der Waals surface area contributed by atoms with Crippen LogP contribution in [0.4, 0.5) is 5.69 Å². The molecule has 0 saturated heterocycles. The number of benzene rings is 3. The molecule has 1 aliphatic heterocycles. The van der Waals surface area contributed by atoms with Crippen LogP contribution >= 0.6 is 11.8 Å². The van der Waals surface area contributed by atoms with Crippen molar-refractivity contribution in [3.63, 3.8) is 0 Å². The number of hydrogen-bond donors (Lipinski definition) is 1. The third kappa shape index (κ3) is 4.46. The van der Waals surface area contributed by atoms with Gasteiger partial charge in [-0.25, -0.2) is 0 Å². The van der Waals surface area contributed by atoms with Crippen molar-refractivity contribution >= 4 is 40.2 Å². The number of aromatic nitrogens is 1. The lowest BCUT2D eigenvalue weighted by Gasteiger charge is -2.16. The minimum atomic E-state index is -0.0550. The second kappa shape index (κ2) is 9.77. The van der Waals surface area contributed by atoms with Crippen LogP contribution in [0.1, 0.15) is 21.5 Å². The maximum Gasteiger partial charge on any atom is 0.251 e. The summed E-state index contributed by atoms with van der Waals surface area (Å²) in [5.41, 5.74) is 5.06. The first-order valence-corrected chi connectivity index (χ1v) is 12.5. The summed E-state index contributed by atoms with van der Waals surface area (Å²) >= 11 is 1.58. The maximum atomic E-state index is 13.0. The number of carbonyl (C=O) groups excluding carboxylic acids is 2. The van der Waals surface area contributed by atoms with E-state index in [9.17, 15) is 9.59 Å². The van der Waals surface area contributed by atoms with Gasteiger partial charge in [-0.1, -0.05) is 54.6 Å². The molecule has 6 heteroatoms. The maximum absolute atomic E-state index is 13.0. The number of nitrogens with zero attached hydrogens (tertiary/aromatic N) is 2. The number of thioether (sulfide) groups is 1. The van der Waals surface area contributed by atoms with Gasteiger partial charge in [0.2, 0.25) is 5.91 Å². The summed E-state index contributed by atoms with van der Waals surface area (Å²) in [4.78, 5) is 28.5. The monoisotopic (exact) mass is 469 g/mol. The highest BCUT2D eigenvalue weighted by Crippen LogP contribution is 2.32. The van der Waals surface area contributed by atoms with E-state index in [0.29, 0.717) is 24.4 Å². The Balaban J connectivity index is 1.25. The summed E-state index contributed by atoms with van der Waals surface area (Å²) < 4.78 is 2.16. The molecule has 0 bridgehead atoms. The highest BCUT2D eigenvalue weighted by molar-refractivity contribution is 8.00. The first kappa shape index (κ1) is 22.3. The molecule has 0 atom stereocenters. The third-order valence-electron chi connectivity index (χ3n) is 6.32. The van der Waals surface area contributed by atoms with Gasteiger partial charge in [0, 0.05) is 52.9 Å². The molecule has 0 aliphatic carbocycles. The van der Waals surface area contributed by atoms with Crippen LogP contribution in [-0.4, -0.2) is 35.2 Å². The van der Waals surface area contributed by atoms with Crippen LogP contribution in [0.5, 0.6) is 0 Å². The van der Waals surface area contributed by atoms with E-state index in [2.05, 4.69) is 34.3 Å². The van der Waals surface area contributed by atoms with Crippen LogP contribution in [0.25, 0.3) is 10.9 Å². The molecule has 0 unspecified atom stereocenters. The molecule has 1 N–H and O–H groups in total. The lowest BCUT2D eigenvalue weighted by molar-refractivity contribution is -0.116. The topological polar surface area (TPSA) is 54.3 Å². The van der Waals surface area contributed by atoms with Crippen molar-refractivity contribution in [2.75, 3.05) is 23.7 Å². The summed E-state index contributed by atoms with van der Waals surface area (Å²) in [7, 11) is 0. The van der Waals surface area contributed by atoms with E-state index in [-0.39, 0.29) is 11.8 Å². The van der Waals surface area contributed by atoms with E-state index in [1.165, 1.54) is 5.56 Å². The average Bonchev–Trinajstić information content (AvgIpc) is 3.45. The van der Waals surface area contributed by atoms with E-state index in [0.717, 1.165) is 40.0 Å². The smallest absolute Gasteiger partial charge is 0.251 e. The van der Waals surface area contributed by atoms with Gasteiger partial charge >= 0.3 is 0 Å². The molecule has 5 nitrogen and oxygen atoms in total. The van der Waals surface area contributed by atoms with Gasteiger partial charge in [0.05, 0.1) is 5.75 Å². The molecule has 1 aromatic heterocycles. The van der Waals surface area contributed by atoms with E-state index < -0.39 is 0 Å². The fourth-order valence-electron chi connectivity index (χ4n) is 4.54. The molecule has 3 aromatic carbocycles. The Morgan fingerprint density at radius 3 is 2.62 bits per heavy atom. The van der Waals surface area contributed by atoms with Gasteiger partial charge in [0.1, 0.15) is 0 Å². The summed E-state index contributed by atoms with van der Waals surface area (Å²) in [5, 5.41) is 4.16. The Labute approximate surface area is 203 Å². The van der Waals surface area contributed by atoms with Gasteiger partial charge in [-0.05, 0) is 42.7 Å². The van der Waals surface area contributed by atoms with E-state index in [1.54, 1.807) is 11.8 Å². The van der Waals surface area contributed by atoms with Crippen LogP contribution < -0.4 is 10.2 Å². The number of carbonyl (C=O) groups is 2. The number of rotatable bonds is 7. The molecule has 1 aliphatic rings. The summed E-state index contributed by atoms with van der Waals surface area (Å²) in [5.74, 6) is 0.477. The first-order chi connectivity index (χ1) is 16.6. The van der Waals surface area contributed by atoms with Crippen molar-refractivity contribution in [2.24, 2.45) is 0 Å². The molecule has 0 fully saturated rings. The Hall–Kier alpha value is -3.51. The molecular weight excluding hydrogens is 442 g/mol. The Morgan fingerprint density at radius 2 is 1.74 bits per heavy atom. The standard InChI is InChI=1S/C28H27N3O2S/c1-20-8-2-4-10-22(20)28(33)29-15-17-30-18-26(23-11-5-7-13-25(23)30)34-19-27(32)31-16-14-21-9-3-6-12-24(21)31/h2-13,18H,14-17,19H2,1H3,(H,29,33). The van der Waals surface area contributed by atoms with Gasteiger partial charge in [-0.2, -0.15) is 0 Å². The molecule has 2 amide bonds. The lowest BCUT2D eigenvalue weighted by atomic mass is 10.1. The highest BCUT2D eigenvalue weighted by atomic mass is 32.2. The van der Waals surface area contributed by atoms with Crippen LogP contribution in [0.2, 0.25) is 0 Å². The second-order valence-corrected chi connectivity index (χ2v) is 9.50. The average molecular weight is 470 g/mol. The molecule has 0 radical (unpaired) electrons. The van der Waals surface area contributed by atoms with Crippen molar-refractivity contribution in [2.45, 2.75) is 24.8 Å². The van der Waals surface area contributed by atoms with Gasteiger partial charge < -0.3 is 14.8 Å². The molecular formula is C28H27N3O2S. The SMILES string of the molecule is Cc1ccccc1C(=O)NCCn1cc(SCC(=O)N2CCc3ccccc32)c2ccccc21. The fourth-order valence-corrected chi connectivity index (χ4v) is 5.51. The molecule has 34 heavy (non-hydrogen) atoms. The zero-order valence-corrected chi connectivity index (χ0v) is 20.0. The number of anilines is 1. The van der Waals surface area contributed by atoms with Crippen LogP contribution in [0.15, 0.2) is 83.9 Å². The second-order valence-electron chi connectivity index (χ2n) is 8.49. The van der Waals surface area contributed by atoms with Gasteiger partial charge in [0.25, 0.3) is 5.91 Å². The van der Waals surface area contributed by atoms with Crippen molar-refractivity contribution in [1.82, 2.24) is 9.88 Å². The van der Waals surface area contributed by atoms with Gasteiger partial charge in [0.15, 0.2) is 0 Å². The zero-order chi connectivity index (χ0) is 23.5. The van der Waals surface area contributed by atoms with Crippen molar-refractivity contribution < 1.29 is 9.59 Å². The van der Waals surface area contributed by atoms with Crippen LogP contribution in [0, 0.1) is 6.92 Å². The van der Waals surface area contributed by atoms with Gasteiger partial charge in [-0.15, -0.1) is 11.8 Å². The minimum Gasteiger partial charge on any atom is -0.350 e. The lowest BCUT2D eigenvalue weighted by Crippen LogP contribution is -2.30. The number of aryl methyl sites for hydroxylation is 1. The van der Waals surface area contributed by atoms with E-state index in [4.69, 9.17) is 0 Å². The largest absolute Gasteiger partial charge is 0.350 e. The van der Waals surface area contributed by atoms with Crippen molar-refractivity contribution in [3.8, 4) is 0 Å². The number of amides is 2. The fraction of sp³-hybridized carbons (Fsp3) is 0.214. The molecule has 4 aromatic rings. The number of fused-ring (bicyclic) bond motifs is 2. The number of hydrogen-bond acceptors (Lipinski definition) is 3.